The Kier molecular flexibility index (Phi) is 1.48. The molecule has 0 aliphatic carbocycles. The van der Waals surface area contributed by atoms with E-state index in [-0.39, 0.29) is 17.8 Å². The minimum Gasteiger partial charge on any atom is -0.485 e. The second kappa shape index (κ2) is 2.53. The molecule has 2 aliphatic rings. The summed E-state index contributed by atoms with van der Waals surface area (Å²) in [6.07, 6.45) is 0.274. The fourth-order valence-electron chi connectivity index (χ4n) is 2.14. The molecule has 0 amide bonds. The van der Waals surface area contributed by atoms with Gasteiger partial charge in [-0.3, -0.25) is 0 Å². The van der Waals surface area contributed by atoms with Crippen molar-refractivity contribution < 1.29 is 9.47 Å². The molecule has 0 aromatic heterocycles. The molecule has 1 fully saturated rings. The highest BCUT2D eigenvalue weighted by Gasteiger charge is 2.56. The van der Waals surface area contributed by atoms with E-state index in [0.717, 1.165) is 11.3 Å². The number of fused-ring (bicyclic) bond motifs is 3. The highest BCUT2D eigenvalue weighted by atomic mass is 16.6. The van der Waals surface area contributed by atoms with E-state index in [4.69, 9.17) is 16.0 Å². The summed E-state index contributed by atoms with van der Waals surface area (Å²) in [4.78, 5) is 3.41. The monoisotopic (exact) mass is 201 g/mol. The molecule has 2 heterocycles. The van der Waals surface area contributed by atoms with Gasteiger partial charge in [0.1, 0.15) is 23.6 Å². The van der Waals surface area contributed by atoms with E-state index >= 15 is 0 Å². The van der Waals surface area contributed by atoms with Gasteiger partial charge in [0.05, 0.1) is 6.57 Å². The van der Waals surface area contributed by atoms with Crippen LogP contribution in [-0.2, 0) is 4.74 Å². The van der Waals surface area contributed by atoms with Crippen molar-refractivity contribution in [2.75, 3.05) is 0 Å². The van der Waals surface area contributed by atoms with Crippen molar-refractivity contribution in [1.29, 1.82) is 0 Å². The summed E-state index contributed by atoms with van der Waals surface area (Å²) in [5.41, 5.74) is 1.41. The number of ether oxygens (including phenoxy) is 2. The number of benzene rings is 1. The van der Waals surface area contributed by atoms with Gasteiger partial charge in [0.15, 0.2) is 5.69 Å². The van der Waals surface area contributed by atoms with Crippen LogP contribution in [0.2, 0.25) is 0 Å². The fraction of sp³-hybridized carbons (Fsp3) is 0.417. The van der Waals surface area contributed by atoms with Gasteiger partial charge in [0.25, 0.3) is 0 Å². The summed E-state index contributed by atoms with van der Waals surface area (Å²) in [5.74, 6) is 0.853. The van der Waals surface area contributed by atoms with Crippen molar-refractivity contribution in [3.8, 4) is 5.75 Å². The summed E-state index contributed by atoms with van der Waals surface area (Å²) in [6.45, 7) is 11.0. The number of nitrogens with zero attached hydrogens (tertiary/aromatic N) is 1. The molecule has 1 aromatic carbocycles. The van der Waals surface area contributed by atoms with E-state index in [9.17, 15) is 0 Å². The first-order valence-corrected chi connectivity index (χ1v) is 4.98. The molecule has 1 aromatic rings. The molecule has 0 bridgehead atoms. The minimum absolute atomic E-state index is 0.130. The first-order chi connectivity index (χ1) is 7.12. The molecule has 3 rings (SSSR count). The van der Waals surface area contributed by atoms with Crippen molar-refractivity contribution in [2.24, 2.45) is 0 Å². The highest BCUT2D eigenvalue weighted by Crippen LogP contribution is 2.54. The summed E-state index contributed by atoms with van der Waals surface area (Å²) in [6, 6.07) is 5.51. The lowest BCUT2D eigenvalue weighted by atomic mass is 9.94. The number of hydrogen-bond donors (Lipinski definition) is 0. The third-order valence-electron chi connectivity index (χ3n) is 2.98. The number of rotatable bonds is 0. The molecular weight excluding hydrogens is 190 g/mol. The maximum absolute atomic E-state index is 6.96. The first kappa shape index (κ1) is 8.75. The van der Waals surface area contributed by atoms with Gasteiger partial charge in [-0.2, -0.15) is 0 Å². The molecule has 2 atom stereocenters. The van der Waals surface area contributed by atoms with Crippen LogP contribution in [0.25, 0.3) is 4.85 Å². The molecule has 0 N–H and O–H groups in total. The van der Waals surface area contributed by atoms with Crippen molar-refractivity contribution in [3.05, 3.63) is 35.2 Å². The summed E-state index contributed by atoms with van der Waals surface area (Å²) in [5, 5.41) is 0. The second-order valence-electron chi connectivity index (χ2n) is 4.52. The topological polar surface area (TPSA) is 26.1 Å². The summed E-state index contributed by atoms with van der Waals surface area (Å²) < 4.78 is 11.4. The van der Waals surface area contributed by atoms with Crippen LogP contribution < -0.4 is 4.74 Å². The van der Waals surface area contributed by atoms with Crippen LogP contribution in [0.1, 0.15) is 25.5 Å². The van der Waals surface area contributed by atoms with Crippen LogP contribution in [0.4, 0.5) is 5.69 Å². The second-order valence-corrected chi connectivity index (χ2v) is 4.52. The Morgan fingerprint density at radius 3 is 2.93 bits per heavy atom. The van der Waals surface area contributed by atoms with Crippen LogP contribution in [-0.4, -0.2) is 11.7 Å². The standard InChI is InChI=1S/C12H11NO2/c1-12(2)11-10(14-11)8-6-7(13-3)4-5-9(8)15-12/h4-6,10-11H,1-2H3/t10?,11-/m1/s1. The molecule has 15 heavy (non-hydrogen) atoms. The molecule has 0 spiro atoms. The molecule has 76 valence electrons. The maximum atomic E-state index is 6.96. The lowest BCUT2D eigenvalue weighted by molar-refractivity contribution is 0.0725. The molecule has 0 saturated carbocycles. The van der Waals surface area contributed by atoms with Crippen molar-refractivity contribution in [3.63, 3.8) is 0 Å². The van der Waals surface area contributed by atoms with Crippen LogP contribution in [0, 0.1) is 6.57 Å². The normalized spacial score (nSPS) is 29.4. The zero-order valence-corrected chi connectivity index (χ0v) is 8.65. The smallest absolute Gasteiger partial charge is 0.187 e. The first-order valence-electron chi connectivity index (χ1n) is 4.98. The van der Waals surface area contributed by atoms with Gasteiger partial charge in [-0.05, 0) is 26.0 Å². The van der Waals surface area contributed by atoms with Gasteiger partial charge < -0.3 is 9.47 Å². The lowest BCUT2D eigenvalue weighted by Crippen LogP contribution is -2.37. The number of epoxide rings is 1. The van der Waals surface area contributed by atoms with Gasteiger partial charge in [-0.25, -0.2) is 4.85 Å². The lowest BCUT2D eigenvalue weighted by Gasteiger charge is -2.29. The Morgan fingerprint density at radius 1 is 1.40 bits per heavy atom. The predicted octanol–water partition coefficient (Wildman–Crippen LogP) is 2.85. The molecule has 3 heteroatoms. The molecule has 1 saturated heterocycles. The van der Waals surface area contributed by atoms with E-state index in [2.05, 4.69) is 4.85 Å². The largest absolute Gasteiger partial charge is 0.485 e. The fourth-order valence-corrected chi connectivity index (χ4v) is 2.14. The Labute approximate surface area is 88.4 Å². The van der Waals surface area contributed by atoms with Gasteiger partial charge in [-0.15, -0.1) is 0 Å². The molecule has 2 aliphatic heterocycles. The van der Waals surface area contributed by atoms with Crippen molar-refractivity contribution in [2.45, 2.75) is 31.7 Å². The minimum atomic E-state index is -0.253. The summed E-state index contributed by atoms with van der Waals surface area (Å²) >= 11 is 0. The van der Waals surface area contributed by atoms with Crippen LogP contribution in [0.5, 0.6) is 5.75 Å². The Morgan fingerprint density at radius 2 is 2.20 bits per heavy atom. The maximum Gasteiger partial charge on any atom is 0.187 e. The van der Waals surface area contributed by atoms with Gasteiger partial charge in [0.2, 0.25) is 0 Å². The Bertz CT molecular complexity index is 473. The van der Waals surface area contributed by atoms with Gasteiger partial charge >= 0.3 is 0 Å². The average molecular weight is 201 g/mol. The third kappa shape index (κ3) is 1.15. The van der Waals surface area contributed by atoms with E-state index in [0.29, 0.717) is 5.69 Å². The quantitative estimate of drug-likeness (QED) is 0.476. The SMILES string of the molecule is [C-]#[N+]c1ccc2c(c1)C1O[C@H]1C(C)(C)O2. The van der Waals surface area contributed by atoms with E-state index in [1.807, 2.05) is 26.0 Å². The molecular formula is C12H11NO2. The average Bonchev–Trinajstić information content (AvgIpc) is 2.97. The van der Waals surface area contributed by atoms with Gasteiger partial charge in [0, 0.05) is 5.56 Å². The highest BCUT2D eigenvalue weighted by molar-refractivity contribution is 5.55. The molecule has 3 nitrogen and oxygen atoms in total. The summed E-state index contributed by atoms with van der Waals surface area (Å²) in [7, 11) is 0. The Balaban J connectivity index is 2.10. The number of hydrogen-bond acceptors (Lipinski definition) is 2. The Hall–Kier alpha value is -1.53. The van der Waals surface area contributed by atoms with Crippen LogP contribution in [0.15, 0.2) is 18.2 Å². The van der Waals surface area contributed by atoms with Crippen molar-refractivity contribution >= 4 is 5.69 Å². The van der Waals surface area contributed by atoms with E-state index in [1.165, 1.54) is 0 Å². The van der Waals surface area contributed by atoms with E-state index < -0.39 is 0 Å². The predicted molar refractivity (Wildman–Crippen MR) is 55.0 cm³/mol. The molecule has 1 unspecified atom stereocenters. The van der Waals surface area contributed by atoms with Crippen LogP contribution in [0.3, 0.4) is 0 Å². The van der Waals surface area contributed by atoms with Crippen molar-refractivity contribution in [1.82, 2.24) is 0 Å². The third-order valence-corrected chi connectivity index (χ3v) is 2.98. The zero-order valence-electron chi connectivity index (χ0n) is 8.65. The van der Waals surface area contributed by atoms with Gasteiger partial charge in [-0.1, -0.05) is 6.07 Å². The molecule has 0 radical (unpaired) electrons. The van der Waals surface area contributed by atoms with Crippen LogP contribution >= 0.6 is 0 Å². The zero-order chi connectivity index (χ0) is 10.6. The van der Waals surface area contributed by atoms with E-state index in [1.54, 1.807) is 6.07 Å².